The Morgan fingerprint density at radius 1 is 1.18 bits per heavy atom. The van der Waals surface area contributed by atoms with Crippen LogP contribution in [0.25, 0.3) is 20.8 Å². The van der Waals surface area contributed by atoms with Crippen molar-refractivity contribution < 1.29 is 9.53 Å². The molecule has 1 atom stereocenters. The Morgan fingerprint density at radius 3 is 2.68 bits per heavy atom. The Labute approximate surface area is 168 Å². The van der Waals surface area contributed by atoms with Crippen molar-refractivity contribution in [3.05, 3.63) is 68.0 Å². The molecule has 142 valence electrons. The van der Waals surface area contributed by atoms with Crippen molar-refractivity contribution in [1.82, 2.24) is 15.0 Å². The number of aryl methyl sites for hydroxylation is 2. The van der Waals surface area contributed by atoms with Crippen molar-refractivity contribution >= 4 is 38.9 Å². The number of nitrogens with one attached hydrogen (secondary N) is 1. The Hall–Kier alpha value is -2.84. The second-order valence-corrected chi connectivity index (χ2v) is 8.43. The molecule has 0 saturated carbocycles. The molecule has 3 heterocycles. The van der Waals surface area contributed by atoms with Gasteiger partial charge in [0.1, 0.15) is 9.84 Å². The van der Waals surface area contributed by atoms with Crippen LogP contribution in [0.3, 0.4) is 0 Å². The molecule has 0 aliphatic heterocycles. The summed E-state index contributed by atoms with van der Waals surface area (Å²) in [5.41, 5.74) is 1.90. The van der Waals surface area contributed by atoms with Crippen molar-refractivity contribution in [2.45, 2.75) is 26.9 Å². The van der Waals surface area contributed by atoms with Gasteiger partial charge in [0.2, 0.25) is 0 Å². The lowest BCUT2D eigenvalue weighted by Gasteiger charge is -2.11. The number of esters is 1. The van der Waals surface area contributed by atoms with Crippen molar-refractivity contribution in [1.29, 1.82) is 0 Å². The number of rotatable bonds is 4. The molecule has 1 aromatic carbocycles. The molecule has 0 aliphatic carbocycles. The van der Waals surface area contributed by atoms with E-state index >= 15 is 0 Å². The molecule has 0 amide bonds. The number of nitrogens with zero attached hydrogens (tertiary/aromatic N) is 2. The van der Waals surface area contributed by atoms with Crippen LogP contribution in [0.15, 0.2) is 40.5 Å². The number of ether oxygens (including phenoxy) is 1. The van der Waals surface area contributed by atoms with Crippen molar-refractivity contribution in [3.63, 3.8) is 0 Å². The van der Waals surface area contributed by atoms with Gasteiger partial charge in [0.25, 0.3) is 5.56 Å². The monoisotopic (exact) mass is 411 g/mol. The summed E-state index contributed by atoms with van der Waals surface area (Å²) in [5, 5.41) is 3.01. The van der Waals surface area contributed by atoms with Crippen LogP contribution in [0.5, 0.6) is 0 Å². The minimum absolute atomic E-state index is 0.218. The third-order valence-electron chi connectivity index (χ3n) is 4.46. The van der Waals surface area contributed by atoms with Gasteiger partial charge in [-0.2, -0.15) is 0 Å². The zero-order valence-electron chi connectivity index (χ0n) is 15.5. The third-order valence-corrected chi connectivity index (χ3v) is 6.45. The summed E-state index contributed by atoms with van der Waals surface area (Å²) in [6, 6.07) is 9.64. The fourth-order valence-corrected chi connectivity index (χ4v) is 4.65. The van der Waals surface area contributed by atoms with E-state index in [1.807, 2.05) is 44.2 Å². The molecule has 6 nitrogen and oxygen atoms in total. The molecule has 0 aliphatic rings. The molecule has 1 N–H and O–H groups in total. The first-order chi connectivity index (χ1) is 13.4. The summed E-state index contributed by atoms with van der Waals surface area (Å²) in [6.45, 7) is 5.54. The quantitative estimate of drug-likeness (QED) is 0.494. The second-order valence-electron chi connectivity index (χ2n) is 6.37. The van der Waals surface area contributed by atoms with Crippen LogP contribution in [0, 0.1) is 13.8 Å². The van der Waals surface area contributed by atoms with Gasteiger partial charge in [-0.05, 0) is 26.3 Å². The number of carbonyl (C=O) groups excluding carboxylic acids is 1. The predicted molar refractivity (Wildman–Crippen MR) is 111 cm³/mol. The molecule has 4 aromatic rings. The number of hydrogen-bond acceptors (Lipinski definition) is 7. The second kappa shape index (κ2) is 7.29. The van der Waals surface area contributed by atoms with Crippen LogP contribution in [-0.4, -0.2) is 20.9 Å². The number of aromatic nitrogens is 3. The van der Waals surface area contributed by atoms with Crippen molar-refractivity contribution in [2.24, 2.45) is 0 Å². The molecule has 4 rings (SSSR count). The van der Waals surface area contributed by atoms with Gasteiger partial charge in [0, 0.05) is 15.8 Å². The molecular formula is C20H17N3O3S2. The summed E-state index contributed by atoms with van der Waals surface area (Å²) in [5.74, 6) is -0.224. The zero-order chi connectivity index (χ0) is 19.8. The smallest absolute Gasteiger partial charge is 0.358 e. The number of H-pyrrole nitrogens is 1. The summed E-state index contributed by atoms with van der Waals surface area (Å²) in [4.78, 5) is 38.2. The van der Waals surface area contributed by atoms with Crippen molar-refractivity contribution in [2.75, 3.05) is 0 Å². The largest absolute Gasteiger partial charge is 0.450 e. The minimum Gasteiger partial charge on any atom is -0.450 e. The first kappa shape index (κ1) is 18.5. The Kier molecular flexibility index (Phi) is 4.82. The molecule has 0 radical (unpaired) electrons. The lowest BCUT2D eigenvalue weighted by atomic mass is 10.2. The molecule has 8 heteroatoms. The van der Waals surface area contributed by atoms with Gasteiger partial charge in [0.05, 0.1) is 5.39 Å². The zero-order valence-corrected chi connectivity index (χ0v) is 17.1. The van der Waals surface area contributed by atoms with Gasteiger partial charge in [-0.3, -0.25) is 4.79 Å². The SMILES string of the molecule is Cc1sc2nc([C@@H](C)OC(=O)c3csc(-c4ccccc4)n3)[nH]c(=O)c2c1C. The maximum Gasteiger partial charge on any atom is 0.358 e. The normalized spacial score (nSPS) is 12.2. The fourth-order valence-electron chi connectivity index (χ4n) is 2.82. The van der Waals surface area contributed by atoms with E-state index in [9.17, 15) is 9.59 Å². The van der Waals surface area contributed by atoms with Gasteiger partial charge in [0.15, 0.2) is 17.6 Å². The summed E-state index contributed by atoms with van der Waals surface area (Å²) in [7, 11) is 0. The van der Waals surface area contributed by atoms with E-state index < -0.39 is 12.1 Å². The highest BCUT2D eigenvalue weighted by Crippen LogP contribution is 2.28. The van der Waals surface area contributed by atoms with Crippen LogP contribution in [0.1, 0.15) is 39.8 Å². The van der Waals surface area contributed by atoms with E-state index in [0.29, 0.717) is 16.0 Å². The number of thiazole rings is 1. The fraction of sp³-hybridized carbons (Fsp3) is 0.200. The van der Waals surface area contributed by atoms with E-state index in [1.165, 1.54) is 22.7 Å². The van der Waals surface area contributed by atoms with Gasteiger partial charge in [-0.15, -0.1) is 22.7 Å². The first-order valence-electron chi connectivity index (χ1n) is 8.66. The Bertz CT molecular complexity index is 1220. The molecule has 3 aromatic heterocycles. The molecule has 0 fully saturated rings. The van der Waals surface area contributed by atoms with Crippen molar-refractivity contribution in [3.8, 4) is 10.6 Å². The third kappa shape index (κ3) is 3.36. The lowest BCUT2D eigenvalue weighted by Crippen LogP contribution is -2.17. The molecule has 0 unspecified atom stereocenters. The average molecular weight is 412 g/mol. The van der Waals surface area contributed by atoms with E-state index in [1.54, 1.807) is 12.3 Å². The van der Waals surface area contributed by atoms with Gasteiger partial charge < -0.3 is 9.72 Å². The first-order valence-corrected chi connectivity index (χ1v) is 10.4. The number of carbonyl (C=O) groups is 1. The summed E-state index contributed by atoms with van der Waals surface area (Å²) in [6.07, 6.45) is -0.700. The van der Waals surface area contributed by atoms with Gasteiger partial charge >= 0.3 is 5.97 Å². The molecule has 0 saturated heterocycles. The standard InChI is InChI=1S/C20H17N3O3S2/c1-10-12(3)28-19-15(10)17(24)22-16(23-19)11(2)26-20(25)14-9-27-18(21-14)13-7-5-4-6-8-13/h4-9,11H,1-3H3,(H,22,23,24)/t11-/m1/s1. The molecular weight excluding hydrogens is 394 g/mol. The highest BCUT2D eigenvalue weighted by Gasteiger charge is 2.20. The summed E-state index contributed by atoms with van der Waals surface area (Å²) >= 11 is 2.84. The van der Waals surface area contributed by atoms with E-state index in [-0.39, 0.29) is 11.3 Å². The number of thiophene rings is 1. The highest BCUT2D eigenvalue weighted by molar-refractivity contribution is 7.18. The maximum atomic E-state index is 12.5. The van der Waals surface area contributed by atoms with E-state index in [0.717, 1.165) is 21.0 Å². The number of benzene rings is 1. The maximum absolute atomic E-state index is 12.5. The van der Waals surface area contributed by atoms with E-state index in [4.69, 9.17) is 4.74 Å². The Balaban J connectivity index is 1.56. The molecule has 0 spiro atoms. The average Bonchev–Trinajstić information content (AvgIpc) is 3.28. The van der Waals surface area contributed by atoms with Crippen LogP contribution in [-0.2, 0) is 4.74 Å². The van der Waals surface area contributed by atoms with Crippen LogP contribution >= 0.6 is 22.7 Å². The molecule has 28 heavy (non-hydrogen) atoms. The number of hydrogen-bond donors (Lipinski definition) is 1. The number of fused-ring (bicyclic) bond motifs is 1. The lowest BCUT2D eigenvalue weighted by molar-refractivity contribution is 0.0314. The highest BCUT2D eigenvalue weighted by atomic mass is 32.1. The number of aromatic amines is 1. The van der Waals surface area contributed by atoms with Crippen LogP contribution < -0.4 is 5.56 Å². The summed E-state index contributed by atoms with van der Waals surface area (Å²) < 4.78 is 5.49. The van der Waals surface area contributed by atoms with E-state index in [2.05, 4.69) is 15.0 Å². The van der Waals surface area contributed by atoms with Crippen LogP contribution in [0.4, 0.5) is 0 Å². The predicted octanol–water partition coefficient (Wildman–Crippen LogP) is 4.64. The van der Waals surface area contributed by atoms with Gasteiger partial charge in [-0.1, -0.05) is 30.3 Å². The minimum atomic E-state index is -0.700. The van der Waals surface area contributed by atoms with Crippen LogP contribution in [0.2, 0.25) is 0 Å². The Morgan fingerprint density at radius 2 is 1.93 bits per heavy atom. The van der Waals surface area contributed by atoms with Gasteiger partial charge in [-0.25, -0.2) is 14.8 Å². The topological polar surface area (TPSA) is 84.9 Å². The molecule has 0 bridgehead atoms.